The molecule has 29 heavy (non-hydrogen) atoms. The summed E-state index contributed by atoms with van der Waals surface area (Å²) in [6.45, 7) is 4.60. The third kappa shape index (κ3) is 4.19. The van der Waals surface area contributed by atoms with E-state index >= 15 is 0 Å². The molecule has 0 fully saturated rings. The first-order valence-corrected chi connectivity index (χ1v) is 11.5. The monoisotopic (exact) mass is 418 g/mol. The van der Waals surface area contributed by atoms with E-state index < -0.39 is 21.3 Å². The maximum Gasteiger partial charge on any atom is 0.332 e. The fourth-order valence-corrected chi connectivity index (χ4v) is 4.64. The lowest BCUT2D eigenvalue weighted by molar-refractivity contribution is 0.529. The van der Waals surface area contributed by atoms with Crippen molar-refractivity contribution in [1.29, 1.82) is 0 Å². The lowest BCUT2D eigenvalue weighted by Crippen LogP contribution is -2.41. The van der Waals surface area contributed by atoms with E-state index in [-0.39, 0.29) is 23.5 Å². The van der Waals surface area contributed by atoms with Crippen LogP contribution in [-0.4, -0.2) is 26.5 Å². The van der Waals surface area contributed by atoms with Gasteiger partial charge in [0.25, 0.3) is 5.56 Å². The summed E-state index contributed by atoms with van der Waals surface area (Å²) in [6.07, 6.45) is 4.18. The lowest BCUT2D eigenvalue weighted by atomic mass is 10.2. The van der Waals surface area contributed by atoms with Gasteiger partial charge in [-0.05, 0) is 18.4 Å². The average molecular weight is 419 g/mol. The number of benzene rings is 1. The molecule has 0 spiro atoms. The standard InChI is InChI=1S/C20H26N4O4S/c1-3-5-12-22-18-17(19(25)23(20(22)26)13-6-4-2)24(15-21-18)29(27,28)14-16-10-8-7-9-11-16/h7-11,15H,3-6,12-14H2,1-2H3. The minimum absolute atomic E-state index is 0.0623. The Morgan fingerprint density at radius 2 is 1.55 bits per heavy atom. The van der Waals surface area contributed by atoms with Gasteiger partial charge in [-0.1, -0.05) is 57.0 Å². The zero-order chi connectivity index (χ0) is 21.0. The van der Waals surface area contributed by atoms with Crippen molar-refractivity contribution < 1.29 is 8.42 Å². The number of fused-ring (bicyclic) bond motifs is 1. The summed E-state index contributed by atoms with van der Waals surface area (Å²) in [7, 11) is -3.88. The Hall–Kier alpha value is -2.68. The Balaban J connectivity index is 2.22. The van der Waals surface area contributed by atoms with Crippen LogP contribution in [0.1, 0.15) is 45.1 Å². The molecule has 2 heterocycles. The number of unbranched alkanes of at least 4 members (excludes halogenated alkanes) is 2. The van der Waals surface area contributed by atoms with Gasteiger partial charge in [0.15, 0.2) is 11.2 Å². The molecule has 156 valence electrons. The quantitative estimate of drug-likeness (QED) is 0.531. The number of aromatic nitrogens is 4. The second-order valence-electron chi connectivity index (χ2n) is 7.05. The molecule has 0 aliphatic heterocycles. The molecule has 0 radical (unpaired) electrons. The van der Waals surface area contributed by atoms with Crippen LogP contribution in [-0.2, 0) is 28.9 Å². The van der Waals surface area contributed by atoms with Crippen molar-refractivity contribution in [2.24, 2.45) is 0 Å². The van der Waals surface area contributed by atoms with Gasteiger partial charge in [-0.2, -0.15) is 0 Å². The van der Waals surface area contributed by atoms with Crippen LogP contribution in [0.5, 0.6) is 0 Å². The second-order valence-corrected chi connectivity index (χ2v) is 8.90. The first-order valence-electron chi connectivity index (χ1n) is 9.88. The van der Waals surface area contributed by atoms with E-state index in [0.29, 0.717) is 18.5 Å². The highest BCUT2D eigenvalue weighted by Crippen LogP contribution is 2.15. The lowest BCUT2D eigenvalue weighted by Gasteiger charge is -2.12. The van der Waals surface area contributed by atoms with E-state index in [9.17, 15) is 18.0 Å². The van der Waals surface area contributed by atoms with E-state index in [1.54, 1.807) is 24.3 Å². The number of hydrogen-bond donors (Lipinski definition) is 0. The minimum Gasteiger partial charge on any atom is -0.276 e. The molecular formula is C20H26N4O4S. The summed E-state index contributed by atoms with van der Waals surface area (Å²) < 4.78 is 29.6. The van der Waals surface area contributed by atoms with Gasteiger partial charge in [-0.15, -0.1) is 0 Å². The topological polar surface area (TPSA) is 96.0 Å². The van der Waals surface area contributed by atoms with Crippen molar-refractivity contribution in [3.63, 3.8) is 0 Å². The van der Waals surface area contributed by atoms with Gasteiger partial charge in [0.2, 0.25) is 10.0 Å². The predicted octanol–water partition coefficient (Wildman–Crippen LogP) is 2.34. The van der Waals surface area contributed by atoms with Gasteiger partial charge in [0, 0.05) is 13.1 Å². The van der Waals surface area contributed by atoms with Crippen molar-refractivity contribution in [2.45, 2.75) is 58.4 Å². The van der Waals surface area contributed by atoms with Crippen LogP contribution >= 0.6 is 0 Å². The predicted molar refractivity (Wildman–Crippen MR) is 113 cm³/mol. The smallest absolute Gasteiger partial charge is 0.276 e. The highest BCUT2D eigenvalue weighted by Gasteiger charge is 2.24. The summed E-state index contributed by atoms with van der Waals surface area (Å²) in [4.78, 5) is 30.1. The van der Waals surface area contributed by atoms with E-state index in [2.05, 4.69) is 4.98 Å². The van der Waals surface area contributed by atoms with E-state index in [4.69, 9.17) is 0 Å². The Morgan fingerprint density at radius 3 is 2.17 bits per heavy atom. The zero-order valence-electron chi connectivity index (χ0n) is 16.7. The van der Waals surface area contributed by atoms with Gasteiger partial charge >= 0.3 is 5.69 Å². The molecule has 8 nitrogen and oxygen atoms in total. The number of aryl methyl sites for hydroxylation is 1. The van der Waals surface area contributed by atoms with Gasteiger partial charge < -0.3 is 0 Å². The van der Waals surface area contributed by atoms with Crippen molar-refractivity contribution in [3.05, 3.63) is 63.1 Å². The Bertz CT molecular complexity index is 1210. The van der Waals surface area contributed by atoms with Crippen molar-refractivity contribution in [3.8, 4) is 0 Å². The first-order chi connectivity index (χ1) is 13.9. The van der Waals surface area contributed by atoms with Crippen molar-refractivity contribution >= 4 is 21.2 Å². The zero-order valence-corrected chi connectivity index (χ0v) is 17.6. The highest BCUT2D eigenvalue weighted by atomic mass is 32.2. The Labute approximate surface area is 169 Å². The third-order valence-corrected chi connectivity index (χ3v) is 6.42. The molecular weight excluding hydrogens is 392 g/mol. The second kappa shape index (κ2) is 8.77. The molecule has 9 heteroatoms. The molecule has 0 bridgehead atoms. The molecule has 0 saturated carbocycles. The molecule has 0 saturated heterocycles. The summed E-state index contributed by atoms with van der Waals surface area (Å²) in [6, 6.07) is 8.76. The molecule has 0 aliphatic carbocycles. The summed E-state index contributed by atoms with van der Waals surface area (Å²) in [5, 5.41) is 0. The molecule has 0 aliphatic rings. The van der Waals surface area contributed by atoms with Crippen LogP contribution in [0.4, 0.5) is 0 Å². The van der Waals surface area contributed by atoms with E-state index in [1.807, 2.05) is 19.9 Å². The maximum absolute atomic E-state index is 13.1. The average Bonchev–Trinajstić information content (AvgIpc) is 3.14. The molecule has 3 aromatic rings. The fraction of sp³-hybridized carbons (Fsp3) is 0.450. The number of hydrogen-bond acceptors (Lipinski definition) is 5. The van der Waals surface area contributed by atoms with E-state index in [1.165, 1.54) is 4.57 Å². The molecule has 0 atom stereocenters. The molecule has 1 aromatic carbocycles. The van der Waals surface area contributed by atoms with Gasteiger partial charge in [0.05, 0.1) is 5.75 Å². The first kappa shape index (κ1) is 21.0. The van der Waals surface area contributed by atoms with Crippen LogP contribution in [0.2, 0.25) is 0 Å². The molecule has 3 rings (SSSR count). The van der Waals surface area contributed by atoms with Gasteiger partial charge in [-0.3, -0.25) is 13.9 Å². The number of imidazole rings is 1. The van der Waals surface area contributed by atoms with Crippen LogP contribution in [0, 0.1) is 0 Å². The molecule has 0 N–H and O–H groups in total. The maximum atomic E-state index is 13.1. The Kier molecular flexibility index (Phi) is 6.36. The van der Waals surface area contributed by atoms with Crippen LogP contribution < -0.4 is 11.2 Å². The summed E-state index contributed by atoms with van der Waals surface area (Å²) in [5.41, 5.74) is -0.374. The van der Waals surface area contributed by atoms with E-state index in [0.717, 1.165) is 34.1 Å². The van der Waals surface area contributed by atoms with Gasteiger partial charge in [-0.25, -0.2) is 22.2 Å². The summed E-state index contributed by atoms with van der Waals surface area (Å²) in [5.74, 6) is -0.262. The van der Waals surface area contributed by atoms with Crippen LogP contribution in [0.15, 0.2) is 46.2 Å². The molecule has 2 aromatic heterocycles. The minimum atomic E-state index is -3.88. The third-order valence-electron chi connectivity index (χ3n) is 4.84. The molecule has 0 amide bonds. The number of nitrogens with zero attached hydrogens (tertiary/aromatic N) is 4. The van der Waals surface area contributed by atoms with Crippen molar-refractivity contribution in [2.75, 3.05) is 0 Å². The molecule has 0 unspecified atom stereocenters. The Morgan fingerprint density at radius 1 is 0.931 bits per heavy atom. The fourth-order valence-electron chi connectivity index (χ4n) is 3.26. The normalized spacial score (nSPS) is 11.9. The summed E-state index contributed by atoms with van der Waals surface area (Å²) >= 11 is 0. The van der Waals surface area contributed by atoms with Gasteiger partial charge in [0.1, 0.15) is 6.33 Å². The largest absolute Gasteiger partial charge is 0.332 e. The van der Waals surface area contributed by atoms with Crippen LogP contribution in [0.3, 0.4) is 0 Å². The van der Waals surface area contributed by atoms with Crippen LogP contribution in [0.25, 0.3) is 11.2 Å². The highest BCUT2D eigenvalue weighted by molar-refractivity contribution is 7.89. The van der Waals surface area contributed by atoms with Crippen molar-refractivity contribution in [1.82, 2.24) is 18.1 Å². The SMILES string of the molecule is CCCCn1c(=O)c2c(ncn2S(=O)(=O)Cc2ccccc2)n(CCCC)c1=O. The number of rotatable bonds is 9.